The Morgan fingerprint density at radius 2 is 2.22 bits per heavy atom. The van der Waals surface area contributed by atoms with Crippen LogP contribution in [0.5, 0.6) is 0 Å². The average molecular weight is 348 g/mol. The lowest BCUT2D eigenvalue weighted by atomic mass is 10.3. The molecule has 0 spiro atoms. The average Bonchev–Trinajstić information content (AvgIpc) is 2.74. The van der Waals surface area contributed by atoms with Crippen molar-refractivity contribution in [2.24, 2.45) is 0 Å². The third kappa shape index (κ3) is 3.22. The minimum atomic E-state index is -1.14. The van der Waals surface area contributed by atoms with Gasteiger partial charge in [0, 0.05) is 4.88 Å². The van der Waals surface area contributed by atoms with Gasteiger partial charge in [0.1, 0.15) is 5.82 Å². The van der Waals surface area contributed by atoms with Gasteiger partial charge >= 0.3 is 5.97 Å². The maximum Gasteiger partial charge on any atom is 0.356 e. The molecule has 4 nitrogen and oxygen atoms in total. The van der Waals surface area contributed by atoms with Gasteiger partial charge in [-0.05, 0) is 40.2 Å². The molecule has 0 amide bonds. The SMILES string of the molecule is O=C(O)c1nc(NCc2ccc(Br)s2)ccc1Cl. The molecule has 0 unspecified atom stereocenters. The highest BCUT2D eigenvalue weighted by Gasteiger charge is 2.11. The van der Waals surface area contributed by atoms with E-state index < -0.39 is 5.97 Å². The molecule has 0 fully saturated rings. The Hall–Kier alpha value is -1.11. The van der Waals surface area contributed by atoms with Crippen molar-refractivity contribution in [1.82, 2.24) is 4.98 Å². The summed E-state index contributed by atoms with van der Waals surface area (Å²) in [5, 5.41) is 12.1. The summed E-state index contributed by atoms with van der Waals surface area (Å²) in [6.07, 6.45) is 0. The number of halogens is 2. The molecule has 0 atom stereocenters. The highest BCUT2D eigenvalue weighted by Crippen LogP contribution is 2.23. The van der Waals surface area contributed by atoms with Crippen LogP contribution in [-0.2, 0) is 6.54 Å². The first-order valence-corrected chi connectivity index (χ1v) is 6.93. The number of pyridine rings is 1. The Morgan fingerprint density at radius 1 is 1.44 bits per heavy atom. The zero-order chi connectivity index (χ0) is 13.1. The quantitative estimate of drug-likeness (QED) is 0.881. The molecule has 0 aliphatic heterocycles. The molecule has 0 saturated heterocycles. The van der Waals surface area contributed by atoms with E-state index in [1.807, 2.05) is 12.1 Å². The Balaban J connectivity index is 2.10. The van der Waals surface area contributed by atoms with Crippen LogP contribution in [0.2, 0.25) is 5.02 Å². The van der Waals surface area contributed by atoms with E-state index >= 15 is 0 Å². The number of carboxylic acid groups (broad SMARTS) is 1. The Morgan fingerprint density at radius 3 is 2.83 bits per heavy atom. The van der Waals surface area contributed by atoms with Crippen molar-refractivity contribution in [3.05, 3.63) is 43.6 Å². The van der Waals surface area contributed by atoms with Crippen molar-refractivity contribution in [2.45, 2.75) is 6.54 Å². The molecule has 2 aromatic rings. The Bertz CT molecular complexity index is 588. The summed E-state index contributed by atoms with van der Waals surface area (Å²) in [7, 11) is 0. The second kappa shape index (κ2) is 5.69. The van der Waals surface area contributed by atoms with Gasteiger partial charge in [0.2, 0.25) is 0 Å². The summed E-state index contributed by atoms with van der Waals surface area (Å²) in [6, 6.07) is 7.11. The fraction of sp³-hybridized carbons (Fsp3) is 0.0909. The number of nitrogens with zero attached hydrogens (tertiary/aromatic N) is 1. The summed E-state index contributed by atoms with van der Waals surface area (Å²) in [6.45, 7) is 0.587. The van der Waals surface area contributed by atoms with Gasteiger partial charge in [-0.25, -0.2) is 9.78 Å². The first-order chi connectivity index (χ1) is 8.56. The molecule has 0 aromatic carbocycles. The number of carboxylic acids is 1. The molecular formula is C11H8BrClN2O2S. The second-order valence-corrected chi connectivity index (χ2v) is 6.35. The van der Waals surface area contributed by atoms with Gasteiger partial charge in [0.05, 0.1) is 15.4 Å². The van der Waals surface area contributed by atoms with Gasteiger partial charge in [-0.2, -0.15) is 0 Å². The summed E-state index contributed by atoms with van der Waals surface area (Å²) >= 11 is 10.7. The van der Waals surface area contributed by atoms with Gasteiger partial charge in [-0.1, -0.05) is 11.6 Å². The summed E-state index contributed by atoms with van der Waals surface area (Å²) in [5.41, 5.74) is -0.144. The molecular weight excluding hydrogens is 340 g/mol. The van der Waals surface area contributed by atoms with Gasteiger partial charge < -0.3 is 10.4 Å². The fourth-order valence-electron chi connectivity index (χ4n) is 1.32. The van der Waals surface area contributed by atoms with Crippen LogP contribution in [-0.4, -0.2) is 16.1 Å². The van der Waals surface area contributed by atoms with E-state index in [4.69, 9.17) is 16.7 Å². The van der Waals surface area contributed by atoms with Crippen molar-refractivity contribution in [2.75, 3.05) is 5.32 Å². The van der Waals surface area contributed by atoms with Crippen LogP contribution < -0.4 is 5.32 Å². The predicted molar refractivity (Wildman–Crippen MR) is 75.6 cm³/mol. The summed E-state index contributed by atoms with van der Waals surface area (Å²) in [4.78, 5) is 15.9. The van der Waals surface area contributed by atoms with E-state index in [1.54, 1.807) is 17.4 Å². The first kappa shape index (κ1) is 13.3. The van der Waals surface area contributed by atoms with E-state index in [0.717, 1.165) is 8.66 Å². The van der Waals surface area contributed by atoms with Crippen molar-refractivity contribution in [1.29, 1.82) is 0 Å². The van der Waals surface area contributed by atoms with E-state index in [1.165, 1.54) is 6.07 Å². The normalized spacial score (nSPS) is 10.3. The molecule has 0 aliphatic carbocycles. The molecule has 0 aliphatic rings. The molecule has 2 aromatic heterocycles. The van der Waals surface area contributed by atoms with Crippen LogP contribution in [0.25, 0.3) is 0 Å². The van der Waals surface area contributed by atoms with Crippen LogP contribution in [0.15, 0.2) is 28.1 Å². The zero-order valence-electron chi connectivity index (χ0n) is 8.98. The number of hydrogen-bond acceptors (Lipinski definition) is 4. The lowest BCUT2D eigenvalue weighted by Crippen LogP contribution is -2.06. The van der Waals surface area contributed by atoms with Gasteiger partial charge in [0.25, 0.3) is 0 Å². The number of thiophene rings is 1. The third-order valence-electron chi connectivity index (χ3n) is 2.12. The zero-order valence-corrected chi connectivity index (χ0v) is 12.1. The van der Waals surface area contributed by atoms with E-state index in [2.05, 4.69) is 26.2 Å². The molecule has 18 heavy (non-hydrogen) atoms. The Kier molecular flexibility index (Phi) is 4.21. The lowest BCUT2D eigenvalue weighted by Gasteiger charge is -2.05. The number of rotatable bonds is 4. The monoisotopic (exact) mass is 346 g/mol. The predicted octanol–water partition coefficient (Wildman–Crippen LogP) is 3.87. The standard InChI is InChI=1S/C11H8BrClN2O2S/c12-8-3-1-6(18-8)5-14-9-4-2-7(13)10(15-9)11(16)17/h1-4H,5H2,(H,14,15)(H,16,17). The van der Waals surface area contributed by atoms with E-state index in [9.17, 15) is 4.79 Å². The largest absolute Gasteiger partial charge is 0.476 e. The van der Waals surface area contributed by atoms with Crippen LogP contribution in [0.4, 0.5) is 5.82 Å². The molecule has 2 heterocycles. The number of hydrogen-bond donors (Lipinski definition) is 2. The lowest BCUT2D eigenvalue weighted by molar-refractivity contribution is 0.0691. The number of aromatic carboxylic acids is 1. The maximum atomic E-state index is 10.9. The van der Waals surface area contributed by atoms with Gasteiger partial charge in [0.15, 0.2) is 5.69 Å². The van der Waals surface area contributed by atoms with Crippen molar-refractivity contribution >= 4 is 50.7 Å². The van der Waals surface area contributed by atoms with E-state index in [0.29, 0.717) is 12.4 Å². The molecule has 2 N–H and O–H groups in total. The topological polar surface area (TPSA) is 62.2 Å². The summed E-state index contributed by atoms with van der Waals surface area (Å²) < 4.78 is 1.05. The van der Waals surface area contributed by atoms with Crippen LogP contribution in [0.1, 0.15) is 15.4 Å². The molecule has 7 heteroatoms. The number of anilines is 1. The Labute approximate surface area is 121 Å². The van der Waals surface area contributed by atoms with Crippen LogP contribution >= 0.6 is 38.9 Å². The second-order valence-electron chi connectivity index (χ2n) is 3.39. The summed E-state index contributed by atoms with van der Waals surface area (Å²) in [5.74, 6) is -0.649. The number of carbonyl (C=O) groups is 1. The highest BCUT2D eigenvalue weighted by atomic mass is 79.9. The van der Waals surface area contributed by atoms with Crippen molar-refractivity contribution < 1.29 is 9.90 Å². The minimum absolute atomic E-state index is 0.131. The van der Waals surface area contributed by atoms with Crippen LogP contribution in [0, 0.1) is 0 Å². The van der Waals surface area contributed by atoms with Gasteiger partial charge in [-0.3, -0.25) is 0 Å². The molecule has 0 saturated carbocycles. The van der Waals surface area contributed by atoms with Gasteiger partial charge in [-0.15, -0.1) is 11.3 Å². The number of nitrogens with one attached hydrogen (secondary N) is 1. The van der Waals surface area contributed by atoms with Crippen molar-refractivity contribution in [3.63, 3.8) is 0 Å². The first-order valence-electron chi connectivity index (χ1n) is 4.94. The van der Waals surface area contributed by atoms with E-state index in [-0.39, 0.29) is 10.7 Å². The molecule has 0 bridgehead atoms. The molecule has 0 radical (unpaired) electrons. The smallest absolute Gasteiger partial charge is 0.356 e. The van der Waals surface area contributed by atoms with Crippen molar-refractivity contribution in [3.8, 4) is 0 Å². The molecule has 2 rings (SSSR count). The fourth-order valence-corrected chi connectivity index (χ4v) is 2.92. The minimum Gasteiger partial charge on any atom is -0.476 e. The van der Waals surface area contributed by atoms with Crippen LogP contribution in [0.3, 0.4) is 0 Å². The third-order valence-corrected chi connectivity index (χ3v) is 4.05. The number of aromatic nitrogens is 1. The highest BCUT2D eigenvalue weighted by molar-refractivity contribution is 9.11. The maximum absolute atomic E-state index is 10.9. The molecule has 94 valence electrons.